The van der Waals surface area contributed by atoms with Gasteiger partial charge in [0.1, 0.15) is 0 Å². The Morgan fingerprint density at radius 1 is 1.04 bits per heavy atom. The first-order valence-electron chi connectivity index (χ1n) is 7.22. The number of carbonyl (C=O) groups is 2. The third-order valence-corrected chi connectivity index (χ3v) is 4.39. The average Bonchev–Trinajstić information content (AvgIpc) is 2.56. The van der Waals surface area contributed by atoms with Gasteiger partial charge >= 0.3 is 5.97 Å². The second kappa shape index (κ2) is 7.83. The summed E-state index contributed by atoms with van der Waals surface area (Å²) >= 11 is 1.51. The lowest BCUT2D eigenvalue weighted by atomic mass is 10.2. The summed E-state index contributed by atoms with van der Waals surface area (Å²) in [7, 11) is 1.34. The first-order chi connectivity index (χ1) is 11.0. The molecule has 120 valence electrons. The lowest BCUT2D eigenvalue weighted by Crippen LogP contribution is -2.22. The molecular weight excluding hydrogens is 310 g/mol. The van der Waals surface area contributed by atoms with Crippen molar-refractivity contribution in [3.63, 3.8) is 0 Å². The van der Waals surface area contributed by atoms with Crippen LogP contribution in [0.3, 0.4) is 0 Å². The van der Waals surface area contributed by atoms with Gasteiger partial charge in [-0.1, -0.05) is 17.7 Å². The van der Waals surface area contributed by atoms with Crippen LogP contribution in [0, 0.1) is 6.92 Å². The third-order valence-electron chi connectivity index (χ3n) is 3.28. The van der Waals surface area contributed by atoms with Crippen molar-refractivity contribution < 1.29 is 14.3 Å². The average molecular weight is 329 g/mol. The van der Waals surface area contributed by atoms with Crippen LogP contribution in [0.25, 0.3) is 0 Å². The number of methoxy groups -OCH3 is 1. The lowest BCUT2D eigenvalue weighted by molar-refractivity contribution is -0.115. The highest BCUT2D eigenvalue weighted by atomic mass is 32.2. The molecule has 0 bridgehead atoms. The summed E-state index contributed by atoms with van der Waals surface area (Å²) in [5.74, 6) is -0.479. The lowest BCUT2D eigenvalue weighted by Gasteiger charge is -2.12. The molecule has 23 heavy (non-hydrogen) atoms. The van der Waals surface area contributed by atoms with Crippen molar-refractivity contribution in [3.8, 4) is 0 Å². The Hall–Kier alpha value is -2.27. The number of thioether (sulfide) groups is 1. The van der Waals surface area contributed by atoms with Crippen LogP contribution >= 0.6 is 11.8 Å². The van der Waals surface area contributed by atoms with Crippen molar-refractivity contribution in [2.24, 2.45) is 0 Å². The minimum absolute atomic E-state index is 0.0820. The molecule has 0 aliphatic carbocycles. The highest BCUT2D eigenvalue weighted by molar-refractivity contribution is 8.00. The second-order valence-electron chi connectivity index (χ2n) is 5.13. The number of ether oxygens (including phenoxy) is 1. The Morgan fingerprint density at radius 3 is 2.22 bits per heavy atom. The first-order valence-corrected chi connectivity index (χ1v) is 8.10. The molecule has 1 atom stereocenters. The fourth-order valence-electron chi connectivity index (χ4n) is 1.93. The Balaban J connectivity index is 1.95. The van der Waals surface area contributed by atoms with Gasteiger partial charge in [0.05, 0.1) is 17.9 Å². The maximum atomic E-state index is 12.2. The van der Waals surface area contributed by atoms with Gasteiger partial charge in [0.2, 0.25) is 5.91 Å². The van der Waals surface area contributed by atoms with Crippen molar-refractivity contribution in [2.75, 3.05) is 12.4 Å². The molecule has 1 N–H and O–H groups in total. The van der Waals surface area contributed by atoms with Crippen LogP contribution < -0.4 is 5.32 Å². The monoisotopic (exact) mass is 329 g/mol. The third kappa shape index (κ3) is 4.86. The maximum Gasteiger partial charge on any atom is 0.337 e. The van der Waals surface area contributed by atoms with Crippen molar-refractivity contribution >= 4 is 29.3 Å². The van der Waals surface area contributed by atoms with Gasteiger partial charge in [-0.2, -0.15) is 0 Å². The number of amides is 1. The Kier molecular flexibility index (Phi) is 5.82. The van der Waals surface area contributed by atoms with Gasteiger partial charge in [-0.25, -0.2) is 4.79 Å². The van der Waals surface area contributed by atoms with E-state index < -0.39 is 5.97 Å². The van der Waals surface area contributed by atoms with Crippen LogP contribution in [0.5, 0.6) is 0 Å². The molecule has 2 aromatic carbocycles. The zero-order valence-corrected chi connectivity index (χ0v) is 14.1. The van der Waals surface area contributed by atoms with Crippen LogP contribution in [-0.2, 0) is 9.53 Å². The van der Waals surface area contributed by atoms with Gasteiger partial charge in [0.25, 0.3) is 0 Å². The van der Waals surface area contributed by atoms with Crippen molar-refractivity contribution in [1.29, 1.82) is 0 Å². The SMILES string of the molecule is COC(=O)c1ccc(NC(=O)[C@@H](C)Sc2ccc(C)cc2)cc1. The number of benzene rings is 2. The number of carbonyl (C=O) groups excluding carboxylic acids is 2. The molecule has 0 aromatic heterocycles. The molecule has 0 heterocycles. The highest BCUT2D eigenvalue weighted by Gasteiger charge is 2.15. The summed E-state index contributed by atoms with van der Waals surface area (Å²) in [5, 5.41) is 2.62. The fourth-order valence-corrected chi connectivity index (χ4v) is 2.79. The zero-order valence-electron chi connectivity index (χ0n) is 13.3. The van der Waals surface area contributed by atoms with Crippen LogP contribution in [0.1, 0.15) is 22.8 Å². The quantitative estimate of drug-likeness (QED) is 0.668. The number of rotatable bonds is 5. The molecule has 5 heteroatoms. The molecule has 0 unspecified atom stereocenters. The topological polar surface area (TPSA) is 55.4 Å². The minimum atomic E-state index is -0.397. The number of anilines is 1. The standard InChI is InChI=1S/C18H19NO3S/c1-12-4-10-16(11-5-12)23-13(2)17(20)19-15-8-6-14(7-9-15)18(21)22-3/h4-11,13H,1-3H3,(H,19,20)/t13-/m1/s1. The molecule has 0 saturated carbocycles. The van der Waals surface area contributed by atoms with E-state index in [0.717, 1.165) is 4.90 Å². The molecule has 2 rings (SSSR count). The largest absolute Gasteiger partial charge is 0.465 e. The van der Waals surface area contributed by atoms with E-state index in [1.54, 1.807) is 24.3 Å². The van der Waals surface area contributed by atoms with Gasteiger partial charge in [-0.15, -0.1) is 11.8 Å². The van der Waals surface area contributed by atoms with E-state index in [9.17, 15) is 9.59 Å². The van der Waals surface area contributed by atoms with Crippen molar-refractivity contribution in [2.45, 2.75) is 24.0 Å². The van der Waals surface area contributed by atoms with Crippen LogP contribution in [0.15, 0.2) is 53.4 Å². The molecule has 0 spiro atoms. The predicted octanol–water partition coefficient (Wildman–Crippen LogP) is 3.90. The molecule has 0 aliphatic rings. The first kappa shape index (κ1) is 17.1. The molecule has 0 aliphatic heterocycles. The number of hydrogen-bond donors (Lipinski definition) is 1. The molecule has 2 aromatic rings. The van der Waals surface area contributed by atoms with Crippen LogP contribution in [-0.4, -0.2) is 24.2 Å². The van der Waals surface area contributed by atoms with E-state index in [2.05, 4.69) is 10.1 Å². The Bertz CT molecular complexity index is 680. The maximum absolute atomic E-state index is 12.2. The summed E-state index contributed by atoms with van der Waals surface area (Å²) in [5.41, 5.74) is 2.30. The smallest absolute Gasteiger partial charge is 0.337 e. The number of aryl methyl sites for hydroxylation is 1. The number of hydrogen-bond acceptors (Lipinski definition) is 4. The van der Waals surface area contributed by atoms with Gasteiger partial charge in [-0.3, -0.25) is 4.79 Å². The van der Waals surface area contributed by atoms with Crippen LogP contribution in [0.4, 0.5) is 5.69 Å². The van der Waals surface area contributed by atoms with Crippen molar-refractivity contribution in [3.05, 3.63) is 59.7 Å². The Morgan fingerprint density at radius 2 is 1.65 bits per heavy atom. The summed E-state index contributed by atoms with van der Waals surface area (Å²) < 4.78 is 4.64. The van der Waals surface area contributed by atoms with E-state index in [4.69, 9.17) is 0 Å². The van der Waals surface area contributed by atoms with Gasteiger partial charge in [0.15, 0.2) is 0 Å². The summed E-state index contributed by atoms with van der Waals surface area (Å²) in [6, 6.07) is 14.7. The normalized spacial score (nSPS) is 11.6. The van der Waals surface area contributed by atoms with Crippen molar-refractivity contribution in [1.82, 2.24) is 0 Å². The van der Waals surface area contributed by atoms with Gasteiger partial charge in [-0.05, 0) is 50.2 Å². The molecule has 0 radical (unpaired) electrons. The highest BCUT2D eigenvalue weighted by Crippen LogP contribution is 2.24. The Labute approximate surface area is 140 Å². The van der Waals surface area contributed by atoms with Gasteiger partial charge in [0, 0.05) is 10.6 Å². The van der Waals surface area contributed by atoms with E-state index in [-0.39, 0.29) is 11.2 Å². The van der Waals surface area contributed by atoms with Crippen LogP contribution in [0.2, 0.25) is 0 Å². The predicted molar refractivity (Wildman–Crippen MR) is 92.9 cm³/mol. The number of esters is 1. The fraction of sp³-hybridized carbons (Fsp3) is 0.222. The zero-order chi connectivity index (χ0) is 16.8. The second-order valence-corrected chi connectivity index (χ2v) is 6.55. The van der Waals surface area contributed by atoms with E-state index >= 15 is 0 Å². The summed E-state index contributed by atoms with van der Waals surface area (Å²) in [4.78, 5) is 24.7. The van der Waals surface area contributed by atoms with Gasteiger partial charge < -0.3 is 10.1 Å². The summed E-state index contributed by atoms with van der Waals surface area (Å²) in [6.07, 6.45) is 0. The molecule has 1 amide bonds. The minimum Gasteiger partial charge on any atom is -0.465 e. The molecule has 4 nitrogen and oxygen atoms in total. The van der Waals surface area contributed by atoms with E-state index in [1.165, 1.54) is 24.4 Å². The molecule has 0 saturated heterocycles. The van der Waals surface area contributed by atoms with E-state index in [1.807, 2.05) is 38.1 Å². The molecule has 0 fully saturated rings. The summed E-state index contributed by atoms with van der Waals surface area (Å²) in [6.45, 7) is 3.89. The van der Waals surface area contributed by atoms with E-state index in [0.29, 0.717) is 11.3 Å². The molecular formula is C18H19NO3S. The number of nitrogens with one attached hydrogen (secondary N) is 1.